The Labute approximate surface area is 123 Å². The molecule has 2 heteroatoms. The molecule has 0 radical (unpaired) electrons. The number of aromatic nitrogens is 1. The van der Waals surface area contributed by atoms with Gasteiger partial charge in [-0.2, -0.15) is 0 Å². The standard InChI is InChI=1S/C19H15NO/c1-21-16-8-6-15(7-9-16)18-10-11-19-17-5-3-2-4-14(17)12-13-20(18)19/h2-13H,1H3. The Morgan fingerprint density at radius 3 is 2.43 bits per heavy atom. The zero-order chi connectivity index (χ0) is 14.2. The van der Waals surface area contributed by atoms with Crippen molar-refractivity contribution < 1.29 is 4.74 Å². The Kier molecular flexibility index (Phi) is 2.68. The van der Waals surface area contributed by atoms with Crippen LogP contribution in [0, 0.1) is 0 Å². The second kappa shape index (κ2) is 4.67. The lowest BCUT2D eigenvalue weighted by molar-refractivity contribution is 0.415. The van der Waals surface area contributed by atoms with Crippen molar-refractivity contribution >= 4 is 16.3 Å². The molecule has 0 unspecified atom stereocenters. The molecule has 0 N–H and O–H groups in total. The van der Waals surface area contributed by atoms with Crippen LogP contribution in [0.2, 0.25) is 0 Å². The molecule has 2 aromatic carbocycles. The van der Waals surface area contributed by atoms with E-state index in [2.05, 4.69) is 65.2 Å². The lowest BCUT2D eigenvalue weighted by Crippen LogP contribution is -1.89. The van der Waals surface area contributed by atoms with E-state index in [1.54, 1.807) is 7.11 Å². The number of ether oxygens (including phenoxy) is 1. The molecule has 0 amide bonds. The quantitative estimate of drug-likeness (QED) is 0.513. The molecule has 4 aromatic rings. The second-order valence-corrected chi connectivity index (χ2v) is 5.11. The summed E-state index contributed by atoms with van der Waals surface area (Å²) in [5.74, 6) is 0.880. The Morgan fingerprint density at radius 2 is 1.62 bits per heavy atom. The van der Waals surface area contributed by atoms with Gasteiger partial charge in [0, 0.05) is 11.6 Å². The monoisotopic (exact) mass is 273 g/mol. The average molecular weight is 273 g/mol. The minimum atomic E-state index is 0.880. The highest BCUT2D eigenvalue weighted by Gasteiger charge is 2.07. The van der Waals surface area contributed by atoms with Gasteiger partial charge in [-0.15, -0.1) is 0 Å². The molecule has 0 aliphatic carbocycles. The van der Waals surface area contributed by atoms with Crippen LogP contribution in [0.1, 0.15) is 0 Å². The first kappa shape index (κ1) is 12.0. The fourth-order valence-corrected chi connectivity index (χ4v) is 2.86. The highest BCUT2D eigenvalue weighted by Crippen LogP contribution is 2.28. The first-order chi connectivity index (χ1) is 10.4. The third kappa shape index (κ3) is 1.88. The summed E-state index contributed by atoms with van der Waals surface area (Å²) in [6.07, 6.45) is 2.14. The van der Waals surface area contributed by atoms with Gasteiger partial charge in [-0.1, -0.05) is 24.3 Å². The molecule has 0 fully saturated rings. The van der Waals surface area contributed by atoms with Crippen LogP contribution in [0.5, 0.6) is 5.75 Å². The van der Waals surface area contributed by atoms with Crippen LogP contribution < -0.4 is 4.74 Å². The summed E-state index contributed by atoms with van der Waals surface area (Å²) in [6.45, 7) is 0. The van der Waals surface area contributed by atoms with E-state index in [0.717, 1.165) is 5.75 Å². The molecule has 2 nitrogen and oxygen atoms in total. The van der Waals surface area contributed by atoms with Crippen LogP contribution in [-0.2, 0) is 0 Å². The molecule has 2 heterocycles. The lowest BCUT2D eigenvalue weighted by Gasteiger charge is -2.07. The lowest BCUT2D eigenvalue weighted by atomic mass is 10.1. The molecule has 4 rings (SSSR count). The molecular formula is C19H15NO. The molecule has 102 valence electrons. The first-order valence-electron chi connectivity index (χ1n) is 7.00. The van der Waals surface area contributed by atoms with E-state index >= 15 is 0 Å². The molecule has 0 bridgehead atoms. The summed E-state index contributed by atoms with van der Waals surface area (Å²) < 4.78 is 7.47. The highest BCUT2D eigenvalue weighted by molar-refractivity contribution is 5.97. The van der Waals surface area contributed by atoms with Gasteiger partial charge in [0.1, 0.15) is 5.75 Å². The Hall–Kier alpha value is -2.74. The normalized spacial score (nSPS) is 11.1. The van der Waals surface area contributed by atoms with Crippen molar-refractivity contribution in [3.63, 3.8) is 0 Å². The van der Waals surface area contributed by atoms with Crippen LogP contribution in [0.3, 0.4) is 0 Å². The van der Waals surface area contributed by atoms with Crippen molar-refractivity contribution in [2.75, 3.05) is 7.11 Å². The number of hydrogen-bond acceptors (Lipinski definition) is 1. The third-order valence-electron chi connectivity index (χ3n) is 3.94. The topological polar surface area (TPSA) is 13.6 Å². The zero-order valence-corrected chi connectivity index (χ0v) is 11.8. The number of benzene rings is 2. The maximum absolute atomic E-state index is 5.22. The minimum Gasteiger partial charge on any atom is -0.497 e. The highest BCUT2D eigenvalue weighted by atomic mass is 16.5. The number of fused-ring (bicyclic) bond motifs is 3. The number of nitrogens with zero attached hydrogens (tertiary/aromatic N) is 1. The molecule has 0 saturated heterocycles. The number of methoxy groups -OCH3 is 1. The van der Waals surface area contributed by atoms with E-state index < -0.39 is 0 Å². The second-order valence-electron chi connectivity index (χ2n) is 5.11. The van der Waals surface area contributed by atoms with E-state index in [0.29, 0.717) is 0 Å². The number of hydrogen-bond donors (Lipinski definition) is 0. The van der Waals surface area contributed by atoms with Crippen LogP contribution in [-0.4, -0.2) is 11.5 Å². The van der Waals surface area contributed by atoms with Crippen molar-refractivity contribution in [2.45, 2.75) is 0 Å². The van der Waals surface area contributed by atoms with Gasteiger partial charge in [0.2, 0.25) is 0 Å². The molecule has 0 spiro atoms. The van der Waals surface area contributed by atoms with Gasteiger partial charge in [-0.05, 0) is 53.4 Å². The van der Waals surface area contributed by atoms with Crippen molar-refractivity contribution in [3.05, 3.63) is 72.9 Å². The molecule has 0 aliphatic rings. The SMILES string of the molecule is COc1ccc(-c2ccc3c4ccccc4ccn23)cc1. The van der Waals surface area contributed by atoms with Crippen LogP contribution in [0.25, 0.3) is 27.5 Å². The van der Waals surface area contributed by atoms with Crippen molar-refractivity contribution in [1.82, 2.24) is 4.40 Å². The van der Waals surface area contributed by atoms with E-state index in [4.69, 9.17) is 4.74 Å². The predicted molar refractivity (Wildman–Crippen MR) is 86.9 cm³/mol. The molecule has 0 atom stereocenters. The summed E-state index contributed by atoms with van der Waals surface area (Å²) in [6, 6.07) is 23.2. The average Bonchev–Trinajstić information content (AvgIpc) is 2.99. The number of pyridine rings is 1. The van der Waals surface area contributed by atoms with E-state index in [9.17, 15) is 0 Å². The zero-order valence-electron chi connectivity index (χ0n) is 11.8. The van der Waals surface area contributed by atoms with Crippen LogP contribution in [0.4, 0.5) is 0 Å². The summed E-state index contributed by atoms with van der Waals surface area (Å²) >= 11 is 0. The Balaban J connectivity index is 1.95. The first-order valence-corrected chi connectivity index (χ1v) is 7.00. The van der Waals surface area contributed by atoms with Crippen molar-refractivity contribution in [2.24, 2.45) is 0 Å². The van der Waals surface area contributed by atoms with E-state index in [-0.39, 0.29) is 0 Å². The minimum absolute atomic E-state index is 0.880. The maximum Gasteiger partial charge on any atom is 0.118 e. The van der Waals surface area contributed by atoms with Crippen LogP contribution in [0.15, 0.2) is 72.9 Å². The Morgan fingerprint density at radius 1 is 0.810 bits per heavy atom. The van der Waals surface area contributed by atoms with Gasteiger partial charge in [-0.3, -0.25) is 0 Å². The summed E-state index contributed by atoms with van der Waals surface area (Å²) in [5, 5.41) is 2.55. The molecule has 2 aromatic heterocycles. The van der Waals surface area contributed by atoms with Crippen LogP contribution >= 0.6 is 0 Å². The fourth-order valence-electron chi connectivity index (χ4n) is 2.86. The van der Waals surface area contributed by atoms with Crippen molar-refractivity contribution in [3.8, 4) is 17.0 Å². The van der Waals surface area contributed by atoms with Gasteiger partial charge in [-0.25, -0.2) is 0 Å². The molecule has 0 saturated carbocycles. The van der Waals surface area contributed by atoms with E-state index in [1.807, 2.05) is 12.1 Å². The van der Waals surface area contributed by atoms with Gasteiger partial charge in [0.05, 0.1) is 18.3 Å². The maximum atomic E-state index is 5.22. The largest absolute Gasteiger partial charge is 0.497 e. The Bertz CT molecular complexity index is 919. The number of rotatable bonds is 2. The third-order valence-corrected chi connectivity index (χ3v) is 3.94. The summed E-state index contributed by atoms with van der Waals surface area (Å²) in [5.41, 5.74) is 3.61. The van der Waals surface area contributed by atoms with E-state index in [1.165, 1.54) is 27.5 Å². The molecule has 0 aliphatic heterocycles. The van der Waals surface area contributed by atoms with Gasteiger partial charge in [0.15, 0.2) is 0 Å². The van der Waals surface area contributed by atoms with Gasteiger partial charge in [0.25, 0.3) is 0 Å². The van der Waals surface area contributed by atoms with Crippen molar-refractivity contribution in [1.29, 1.82) is 0 Å². The predicted octanol–water partition coefficient (Wildman–Crippen LogP) is 4.77. The summed E-state index contributed by atoms with van der Waals surface area (Å²) in [4.78, 5) is 0. The smallest absolute Gasteiger partial charge is 0.118 e. The fraction of sp³-hybridized carbons (Fsp3) is 0.0526. The molecular weight excluding hydrogens is 258 g/mol. The van der Waals surface area contributed by atoms with Gasteiger partial charge < -0.3 is 9.14 Å². The molecule has 21 heavy (non-hydrogen) atoms. The van der Waals surface area contributed by atoms with Gasteiger partial charge >= 0.3 is 0 Å². The summed E-state index contributed by atoms with van der Waals surface area (Å²) in [7, 11) is 1.69.